The van der Waals surface area contributed by atoms with Crippen LogP contribution in [-0.2, 0) is 4.74 Å². The number of aromatic nitrogens is 1. The summed E-state index contributed by atoms with van der Waals surface area (Å²) < 4.78 is 6.57. The highest BCUT2D eigenvalue weighted by Gasteiger charge is 2.31. The highest BCUT2D eigenvalue weighted by molar-refractivity contribution is 5.84. The average Bonchev–Trinajstić information content (AvgIpc) is 2.30. The third kappa shape index (κ3) is 3.19. The molecule has 0 radical (unpaired) electrons. The fourth-order valence-corrected chi connectivity index (χ4v) is 2.07. The van der Waals surface area contributed by atoms with Crippen LogP contribution in [0.3, 0.4) is 0 Å². The molecular weight excluding hydrogens is 260 g/mol. The van der Waals surface area contributed by atoms with Gasteiger partial charge in [0.05, 0.1) is 12.1 Å². The molecule has 2 rings (SSSR count). The number of rotatable bonds is 2. The van der Waals surface area contributed by atoms with Crippen molar-refractivity contribution in [1.82, 2.24) is 4.57 Å². The van der Waals surface area contributed by atoms with Crippen LogP contribution in [0.5, 0.6) is 0 Å². The van der Waals surface area contributed by atoms with E-state index in [0.29, 0.717) is 6.42 Å². The molecule has 1 aromatic rings. The van der Waals surface area contributed by atoms with E-state index in [9.17, 15) is 14.7 Å². The summed E-state index contributed by atoms with van der Waals surface area (Å²) in [4.78, 5) is 23.9. The van der Waals surface area contributed by atoms with Gasteiger partial charge in [0.15, 0.2) is 0 Å². The van der Waals surface area contributed by atoms with Crippen LogP contribution in [-0.4, -0.2) is 27.5 Å². The summed E-state index contributed by atoms with van der Waals surface area (Å²) >= 11 is 0. The van der Waals surface area contributed by atoms with Crippen molar-refractivity contribution in [3.05, 3.63) is 28.7 Å². The lowest BCUT2D eigenvalue weighted by atomic mass is 9.89. The molecule has 1 amide bonds. The molecule has 1 fully saturated rings. The van der Waals surface area contributed by atoms with Crippen molar-refractivity contribution >= 4 is 11.8 Å². The molecule has 20 heavy (non-hydrogen) atoms. The number of hydrogen-bond donors (Lipinski definition) is 2. The lowest BCUT2D eigenvalue weighted by molar-refractivity contribution is 0.0300. The molecule has 0 aromatic carbocycles. The summed E-state index contributed by atoms with van der Waals surface area (Å²) in [5, 5.41) is 12.1. The van der Waals surface area contributed by atoms with Crippen LogP contribution < -0.4 is 10.9 Å². The van der Waals surface area contributed by atoms with Crippen LogP contribution in [0, 0.1) is 0 Å². The summed E-state index contributed by atoms with van der Waals surface area (Å²) in [5.41, 5.74) is -0.801. The van der Waals surface area contributed by atoms with Crippen molar-refractivity contribution < 1.29 is 14.6 Å². The number of carbonyl (C=O) groups excluding carboxylic acids is 1. The molecule has 1 saturated carbocycles. The fraction of sp³-hybridized carbons (Fsp3) is 0.571. The summed E-state index contributed by atoms with van der Waals surface area (Å²) in [7, 11) is 0. The molecule has 1 heterocycles. The lowest BCUT2D eigenvalue weighted by Crippen LogP contribution is -2.40. The highest BCUT2D eigenvalue weighted by Crippen LogP contribution is 2.31. The Kier molecular flexibility index (Phi) is 3.85. The Hall–Kier alpha value is -1.82. The van der Waals surface area contributed by atoms with Crippen molar-refractivity contribution in [2.45, 2.75) is 51.4 Å². The molecule has 0 bridgehead atoms. The Balaban J connectivity index is 2.15. The minimum absolute atomic E-state index is 0.154. The second-order valence-corrected chi connectivity index (χ2v) is 5.97. The van der Waals surface area contributed by atoms with Crippen molar-refractivity contribution in [1.29, 1.82) is 0 Å². The number of pyridine rings is 1. The molecule has 0 unspecified atom stereocenters. The van der Waals surface area contributed by atoms with Crippen LogP contribution in [0.15, 0.2) is 23.1 Å². The number of ether oxygens (including phenoxy) is 1. The van der Waals surface area contributed by atoms with Gasteiger partial charge in [0.1, 0.15) is 11.3 Å². The number of nitrogens with zero attached hydrogens (tertiary/aromatic N) is 1. The van der Waals surface area contributed by atoms with Gasteiger partial charge in [0.2, 0.25) is 0 Å². The van der Waals surface area contributed by atoms with Gasteiger partial charge in [-0.3, -0.25) is 10.1 Å². The molecule has 6 heteroatoms. The van der Waals surface area contributed by atoms with Crippen molar-refractivity contribution in [2.75, 3.05) is 5.32 Å². The topological polar surface area (TPSA) is 80.6 Å². The first kappa shape index (κ1) is 14.6. The first-order valence-corrected chi connectivity index (χ1v) is 6.67. The Labute approximate surface area is 117 Å². The van der Waals surface area contributed by atoms with Gasteiger partial charge in [-0.05, 0) is 45.7 Å². The number of anilines is 1. The van der Waals surface area contributed by atoms with Gasteiger partial charge in [-0.2, -0.15) is 0 Å². The van der Waals surface area contributed by atoms with Crippen LogP contribution >= 0.6 is 0 Å². The molecular formula is C14H20N2O4. The van der Waals surface area contributed by atoms with E-state index in [0.717, 1.165) is 6.42 Å². The number of carbonyl (C=O) groups is 1. The molecule has 0 aliphatic heterocycles. The predicted octanol–water partition coefficient (Wildman–Crippen LogP) is 1.89. The Morgan fingerprint density at radius 3 is 2.65 bits per heavy atom. The smallest absolute Gasteiger partial charge is 0.412 e. The zero-order valence-corrected chi connectivity index (χ0v) is 11.9. The summed E-state index contributed by atoms with van der Waals surface area (Å²) in [5.74, 6) is 0. The summed E-state index contributed by atoms with van der Waals surface area (Å²) in [6.07, 6.45) is 1.92. The lowest BCUT2D eigenvalue weighted by Gasteiger charge is -2.34. The van der Waals surface area contributed by atoms with E-state index < -0.39 is 17.8 Å². The van der Waals surface area contributed by atoms with Gasteiger partial charge < -0.3 is 14.4 Å². The average molecular weight is 280 g/mol. The molecule has 110 valence electrons. The van der Waals surface area contributed by atoms with Gasteiger partial charge in [0, 0.05) is 6.20 Å². The van der Waals surface area contributed by atoms with Gasteiger partial charge in [-0.25, -0.2) is 4.79 Å². The third-order valence-electron chi connectivity index (χ3n) is 3.17. The normalized spacial score (nSPS) is 22.0. The number of nitrogens with one attached hydrogen (secondary N) is 1. The Morgan fingerprint density at radius 1 is 1.45 bits per heavy atom. The predicted molar refractivity (Wildman–Crippen MR) is 74.8 cm³/mol. The maximum Gasteiger partial charge on any atom is 0.412 e. The Morgan fingerprint density at radius 2 is 2.15 bits per heavy atom. The number of aliphatic hydroxyl groups excluding tert-OH is 1. The monoisotopic (exact) mass is 280 g/mol. The van der Waals surface area contributed by atoms with Crippen molar-refractivity contribution in [3.63, 3.8) is 0 Å². The quantitative estimate of drug-likeness (QED) is 0.867. The number of hydrogen-bond acceptors (Lipinski definition) is 4. The molecule has 2 atom stereocenters. The van der Waals surface area contributed by atoms with Crippen LogP contribution in [0.4, 0.5) is 10.5 Å². The maximum absolute atomic E-state index is 12.2. The van der Waals surface area contributed by atoms with E-state index in [1.807, 2.05) is 0 Å². The van der Waals surface area contributed by atoms with Gasteiger partial charge >= 0.3 is 6.09 Å². The van der Waals surface area contributed by atoms with E-state index in [-0.39, 0.29) is 17.3 Å². The second kappa shape index (κ2) is 5.28. The van der Waals surface area contributed by atoms with E-state index in [4.69, 9.17) is 4.74 Å². The van der Waals surface area contributed by atoms with Crippen molar-refractivity contribution in [3.8, 4) is 0 Å². The zero-order valence-electron chi connectivity index (χ0n) is 11.9. The van der Waals surface area contributed by atoms with E-state index >= 15 is 0 Å². The van der Waals surface area contributed by atoms with Crippen molar-refractivity contribution in [2.24, 2.45) is 0 Å². The molecule has 1 aromatic heterocycles. The highest BCUT2D eigenvalue weighted by atomic mass is 16.6. The van der Waals surface area contributed by atoms with E-state index in [1.54, 1.807) is 33.0 Å². The van der Waals surface area contributed by atoms with Gasteiger partial charge in [0.25, 0.3) is 5.56 Å². The summed E-state index contributed by atoms with van der Waals surface area (Å²) in [6, 6.07) is 2.98. The second-order valence-electron chi connectivity index (χ2n) is 5.97. The fourth-order valence-electron chi connectivity index (χ4n) is 2.07. The molecule has 0 spiro atoms. The SMILES string of the molecule is CC(C)(C)OC(=O)Nc1cccn([C@@H]2CC[C@@H]2O)c1=O. The molecule has 0 saturated heterocycles. The van der Waals surface area contributed by atoms with E-state index in [1.165, 1.54) is 10.6 Å². The molecule has 1 aliphatic carbocycles. The first-order chi connectivity index (χ1) is 9.28. The van der Waals surface area contributed by atoms with Gasteiger partial charge in [-0.1, -0.05) is 0 Å². The first-order valence-electron chi connectivity index (χ1n) is 6.67. The maximum atomic E-state index is 12.2. The zero-order chi connectivity index (χ0) is 14.9. The van der Waals surface area contributed by atoms with Crippen LogP contribution in [0.25, 0.3) is 0 Å². The minimum Gasteiger partial charge on any atom is -0.444 e. The summed E-state index contributed by atoms with van der Waals surface area (Å²) in [6.45, 7) is 5.25. The third-order valence-corrected chi connectivity index (χ3v) is 3.17. The largest absolute Gasteiger partial charge is 0.444 e. The standard InChI is InChI=1S/C14H20N2O4/c1-14(2,3)20-13(19)15-9-5-4-8-16(12(9)18)10-6-7-11(10)17/h4-5,8,10-11,17H,6-7H2,1-3H3,(H,15,19)/t10-,11+/m1/s1. The van der Waals surface area contributed by atoms with Gasteiger partial charge in [-0.15, -0.1) is 0 Å². The molecule has 2 N–H and O–H groups in total. The minimum atomic E-state index is -0.665. The number of aliphatic hydroxyl groups is 1. The van der Waals surface area contributed by atoms with Crippen LogP contribution in [0.1, 0.15) is 39.7 Å². The van der Waals surface area contributed by atoms with E-state index in [2.05, 4.69) is 5.32 Å². The molecule has 1 aliphatic rings. The van der Waals surface area contributed by atoms with Crippen LogP contribution in [0.2, 0.25) is 0 Å². The molecule has 6 nitrogen and oxygen atoms in total. The Bertz CT molecular complexity index is 559. The number of amides is 1.